The molecule has 1 nitrogen and oxygen atoms in total. The second kappa shape index (κ2) is 2.62. The highest BCUT2D eigenvalue weighted by molar-refractivity contribution is 7.85. The van der Waals surface area contributed by atoms with Crippen molar-refractivity contribution in [2.24, 2.45) is 5.92 Å². The van der Waals surface area contributed by atoms with Crippen LogP contribution in [0, 0.1) is 5.92 Å². The molecule has 2 atom stereocenters. The summed E-state index contributed by atoms with van der Waals surface area (Å²) in [5.41, 5.74) is 0. The van der Waals surface area contributed by atoms with Gasteiger partial charge in [-0.05, 0) is 18.8 Å². The van der Waals surface area contributed by atoms with Gasteiger partial charge in [-0.1, -0.05) is 6.92 Å². The van der Waals surface area contributed by atoms with E-state index in [1.807, 2.05) is 0 Å². The lowest BCUT2D eigenvalue weighted by Crippen LogP contribution is -2.17. The fourth-order valence-electron chi connectivity index (χ4n) is 1.08. The molecule has 0 N–H and O–H groups in total. The van der Waals surface area contributed by atoms with Gasteiger partial charge in [0.15, 0.2) is 0 Å². The van der Waals surface area contributed by atoms with E-state index in [-0.39, 0.29) is 0 Å². The third-order valence-corrected chi connectivity index (χ3v) is 3.22. The highest BCUT2D eigenvalue weighted by Crippen LogP contribution is 2.13. The Hall–Kier alpha value is 0.150. The predicted molar refractivity (Wildman–Crippen MR) is 36.3 cm³/mol. The molecule has 0 bridgehead atoms. The van der Waals surface area contributed by atoms with E-state index in [0.717, 1.165) is 11.5 Å². The molecule has 0 aliphatic carbocycles. The predicted octanol–water partition coefficient (Wildman–Crippen LogP) is 1.17. The van der Waals surface area contributed by atoms with Crippen molar-refractivity contribution >= 4 is 10.8 Å². The summed E-state index contributed by atoms with van der Waals surface area (Å²) in [6, 6.07) is 0. The van der Waals surface area contributed by atoms with Crippen LogP contribution in [0.4, 0.5) is 0 Å². The van der Waals surface area contributed by atoms with Crippen LogP contribution in [0.25, 0.3) is 0 Å². The van der Waals surface area contributed by atoms with Crippen molar-refractivity contribution in [3.63, 3.8) is 0 Å². The molecule has 8 heavy (non-hydrogen) atoms. The average Bonchev–Trinajstić information content (AvgIpc) is 1.64. The van der Waals surface area contributed by atoms with E-state index in [2.05, 4.69) is 6.92 Å². The van der Waals surface area contributed by atoms with Gasteiger partial charge in [0.05, 0.1) is 0 Å². The molecule has 1 aliphatic heterocycles. The Balaban J connectivity index is 2.34. The summed E-state index contributed by atoms with van der Waals surface area (Å²) < 4.78 is 10.8. The van der Waals surface area contributed by atoms with Crippen LogP contribution in [0.3, 0.4) is 0 Å². The van der Waals surface area contributed by atoms with E-state index in [1.54, 1.807) is 0 Å². The molecule has 0 aromatic rings. The molecule has 0 radical (unpaired) electrons. The van der Waals surface area contributed by atoms with Gasteiger partial charge >= 0.3 is 0 Å². The molecule has 2 heteroatoms. The van der Waals surface area contributed by atoms with Gasteiger partial charge in [0.1, 0.15) is 0 Å². The van der Waals surface area contributed by atoms with E-state index in [1.165, 1.54) is 12.8 Å². The maximum atomic E-state index is 10.8. The van der Waals surface area contributed by atoms with Crippen molar-refractivity contribution in [1.29, 1.82) is 0 Å². The Labute approximate surface area is 52.9 Å². The van der Waals surface area contributed by atoms with Crippen LogP contribution < -0.4 is 0 Å². The molecule has 0 aromatic heterocycles. The molecule has 0 amide bonds. The van der Waals surface area contributed by atoms with Crippen LogP contribution in [0.2, 0.25) is 0 Å². The molecule has 0 aromatic carbocycles. The largest absolute Gasteiger partial charge is 0.260 e. The SMILES string of the molecule is C[C@@H]1CCCS(=O)C1. The van der Waals surface area contributed by atoms with Crippen molar-refractivity contribution in [3.05, 3.63) is 0 Å². The third-order valence-electron chi connectivity index (χ3n) is 1.54. The van der Waals surface area contributed by atoms with Crippen molar-refractivity contribution < 1.29 is 4.21 Å². The van der Waals surface area contributed by atoms with Gasteiger partial charge in [0.2, 0.25) is 0 Å². The molecular formula is C6H12OS. The molecule has 1 fully saturated rings. The zero-order chi connectivity index (χ0) is 5.98. The topological polar surface area (TPSA) is 17.1 Å². The zero-order valence-corrected chi connectivity index (χ0v) is 6.04. The molecule has 48 valence electrons. The van der Waals surface area contributed by atoms with E-state index in [9.17, 15) is 4.21 Å². The lowest BCUT2D eigenvalue weighted by molar-refractivity contribution is 0.552. The van der Waals surface area contributed by atoms with Gasteiger partial charge < -0.3 is 0 Å². The van der Waals surface area contributed by atoms with Crippen LogP contribution in [0.5, 0.6) is 0 Å². The van der Waals surface area contributed by atoms with Crippen molar-refractivity contribution in [2.45, 2.75) is 19.8 Å². The van der Waals surface area contributed by atoms with Gasteiger partial charge in [-0.15, -0.1) is 0 Å². The van der Waals surface area contributed by atoms with Crippen LogP contribution in [0.15, 0.2) is 0 Å². The summed E-state index contributed by atoms with van der Waals surface area (Å²) in [4.78, 5) is 0. The Morgan fingerprint density at radius 3 is 2.75 bits per heavy atom. The number of hydrogen-bond acceptors (Lipinski definition) is 1. The first-order chi connectivity index (χ1) is 3.79. The Morgan fingerprint density at radius 1 is 1.62 bits per heavy atom. The fraction of sp³-hybridized carbons (Fsp3) is 1.00. The monoisotopic (exact) mass is 132 g/mol. The highest BCUT2D eigenvalue weighted by Gasteiger charge is 2.12. The normalized spacial score (nSPS) is 39.6. The second-order valence-corrected chi connectivity index (χ2v) is 4.18. The fourth-order valence-corrected chi connectivity index (χ4v) is 2.53. The van der Waals surface area contributed by atoms with Crippen LogP contribution in [0.1, 0.15) is 19.8 Å². The molecule has 1 heterocycles. The number of rotatable bonds is 0. The van der Waals surface area contributed by atoms with Gasteiger partial charge in [0, 0.05) is 22.3 Å². The van der Waals surface area contributed by atoms with Crippen LogP contribution >= 0.6 is 0 Å². The second-order valence-electron chi connectivity index (χ2n) is 2.56. The minimum Gasteiger partial charge on any atom is -0.260 e. The standard InChI is InChI=1S/C6H12OS/c1-6-3-2-4-8(7)5-6/h6H,2-5H2,1H3/t6-,8?/m1/s1. The summed E-state index contributed by atoms with van der Waals surface area (Å²) in [6.07, 6.45) is 2.46. The van der Waals surface area contributed by atoms with Crippen molar-refractivity contribution in [3.8, 4) is 0 Å². The first-order valence-electron chi connectivity index (χ1n) is 3.14. The molecule has 0 spiro atoms. The minimum absolute atomic E-state index is 0.470. The Kier molecular flexibility index (Phi) is 2.06. The molecule has 1 unspecified atom stereocenters. The molecule has 1 rings (SSSR count). The maximum Gasteiger partial charge on any atom is 0.0260 e. The quantitative estimate of drug-likeness (QED) is 0.483. The lowest BCUT2D eigenvalue weighted by Gasteiger charge is -2.15. The minimum atomic E-state index is -0.470. The summed E-state index contributed by atoms with van der Waals surface area (Å²) in [5.74, 6) is 2.61. The van der Waals surface area contributed by atoms with E-state index in [0.29, 0.717) is 5.92 Å². The summed E-state index contributed by atoms with van der Waals surface area (Å²) in [6.45, 7) is 2.18. The van der Waals surface area contributed by atoms with Crippen LogP contribution in [-0.2, 0) is 10.8 Å². The van der Waals surface area contributed by atoms with Crippen LogP contribution in [-0.4, -0.2) is 15.7 Å². The van der Waals surface area contributed by atoms with Crippen molar-refractivity contribution in [2.75, 3.05) is 11.5 Å². The van der Waals surface area contributed by atoms with Gasteiger partial charge in [-0.3, -0.25) is 4.21 Å². The zero-order valence-electron chi connectivity index (χ0n) is 5.22. The van der Waals surface area contributed by atoms with Gasteiger partial charge in [-0.2, -0.15) is 0 Å². The number of hydrogen-bond donors (Lipinski definition) is 0. The Morgan fingerprint density at radius 2 is 2.38 bits per heavy atom. The van der Waals surface area contributed by atoms with E-state index in [4.69, 9.17) is 0 Å². The summed E-state index contributed by atoms with van der Waals surface area (Å²) in [5, 5.41) is 0. The molecule has 1 saturated heterocycles. The summed E-state index contributed by atoms with van der Waals surface area (Å²) >= 11 is 0. The first kappa shape index (κ1) is 6.27. The van der Waals surface area contributed by atoms with Gasteiger partial charge in [0.25, 0.3) is 0 Å². The maximum absolute atomic E-state index is 10.8. The highest BCUT2D eigenvalue weighted by atomic mass is 32.2. The smallest absolute Gasteiger partial charge is 0.0260 e. The van der Waals surface area contributed by atoms with E-state index < -0.39 is 10.8 Å². The average molecular weight is 132 g/mol. The summed E-state index contributed by atoms with van der Waals surface area (Å²) in [7, 11) is -0.470. The third kappa shape index (κ3) is 1.58. The Bertz CT molecular complexity index is 101. The molecule has 1 aliphatic rings. The lowest BCUT2D eigenvalue weighted by atomic mass is 10.1. The van der Waals surface area contributed by atoms with E-state index >= 15 is 0 Å². The first-order valence-corrected chi connectivity index (χ1v) is 4.63. The molecule has 0 saturated carbocycles. The molecular weight excluding hydrogens is 120 g/mol. The van der Waals surface area contributed by atoms with Crippen molar-refractivity contribution in [1.82, 2.24) is 0 Å². The van der Waals surface area contributed by atoms with Gasteiger partial charge in [-0.25, -0.2) is 0 Å².